The van der Waals surface area contributed by atoms with Gasteiger partial charge in [-0.1, -0.05) is 50.6 Å². The standard InChI is InChI=1S/C28H35N5O6/c1-3-16(2)25(29)27(37)33-22(13-18-14-30-21-7-5-4-6-20(18)21)26(36)31-15-24(35)32-23(28(38)39)12-17-8-10-19(34)11-9-17/h4-11,14,16,22-23,25,30,34H,3,12-13,15,29H2,1-2H3,(H,31,36)(H,32,35)(H,33,37)(H,38,39). The molecule has 11 nitrogen and oxygen atoms in total. The van der Waals surface area contributed by atoms with Crippen molar-refractivity contribution in [2.24, 2.45) is 11.7 Å². The number of aromatic amines is 1. The van der Waals surface area contributed by atoms with Gasteiger partial charge in [0.25, 0.3) is 0 Å². The van der Waals surface area contributed by atoms with Gasteiger partial charge in [0, 0.05) is 29.9 Å². The van der Waals surface area contributed by atoms with Gasteiger partial charge in [-0.15, -0.1) is 0 Å². The fourth-order valence-corrected chi connectivity index (χ4v) is 4.11. The summed E-state index contributed by atoms with van der Waals surface area (Å²) in [5.41, 5.74) is 8.35. The molecule has 0 fully saturated rings. The highest BCUT2D eigenvalue weighted by Gasteiger charge is 2.28. The van der Waals surface area contributed by atoms with Crippen LogP contribution in [0.2, 0.25) is 0 Å². The summed E-state index contributed by atoms with van der Waals surface area (Å²) in [7, 11) is 0. The van der Waals surface area contributed by atoms with Crippen LogP contribution >= 0.6 is 0 Å². The number of aliphatic carboxylic acids is 1. The van der Waals surface area contributed by atoms with Crippen molar-refractivity contribution in [3.8, 4) is 5.75 Å². The van der Waals surface area contributed by atoms with Crippen LogP contribution in [0, 0.1) is 5.92 Å². The number of carbonyl (C=O) groups is 4. The average Bonchev–Trinajstić information content (AvgIpc) is 3.33. The molecule has 11 heteroatoms. The van der Waals surface area contributed by atoms with Crippen molar-refractivity contribution in [1.29, 1.82) is 0 Å². The number of phenolic OH excluding ortho intramolecular Hbond substituents is 1. The molecule has 0 aliphatic rings. The van der Waals surface area contributed by atoms with Crippen molar-refractivity contribution in [3.05, 3.63) is 65.9 Å². The van der Waals surface area contributed by atoms with E-state index in [1.807, 2.05) is 38.1 Å². The Hall–Kier alpha value is -4.38. The molecule has 4 unspecified atom stereocenters. The summed E-state index contributed by atoms with van der Waals surface area (Å²) in [6.07, 6.45) is 2.58. The number of para-hydroxylation sites is 1. The van der Waals surface area contributed by atoms with E-state index in [-0.39, 0.29) is 24.5 Å². The van der Waals surface area contributed by atoms with Gasteiger partial charge in [0.05, 0.1) is 12.6 Å². The summed E-state index contributed by atoms with van der Waals surface area (Å²) < 4.78 is 0. The Bertz CT molecular complexity index is 1310. The number of H-pyrrole nitrogens is 1. The first kappa shape index (κ1) is 29.2. The SMILES string of the molecule is CCC(C)C(N)C(=O)NC(Cc1c[nH]c2ccccc12)C(=O)NCC(=O)NC(Cc1ccc(O)cc1)C(=O)O. The lowest BCUT2D eigenvalue weighted by Crippen LogP contribution is -2.55. The highest BCUT2D eigenvalue weighted by Crippen LogP contribution is 2.19. The number of amides is 3. The van der Waals surface area contributed by atoms with Crippen LogP contribution in [0.5, 0.6) is 5.75 Å². The van der Waals surface area contributed by atoms with Crippen molar-refractivity contribution in [2.45, 2.75) is 51.2 Å². The van der Waals surface area contributed by atoms with Gasteiger partial charge in [-0.2, -0.15) is 0 Å². The number of benzene rings is 2. The zero-order chi connectivity index (χ0) is 28.5. The van der Waals surface area contributed by atoms with Crippen molar-refractivity contribution in [1.82, 2.24) is 20.9 Å². The number of carboxylic acid groups (broad SMARTS) is 1. The highest BCUT2D eigenvalue weighted by atomic mass is 16.4. The molecule has 2 aromatic carbocycles. The maximum absolute atomic E-state index is 13.2. The average molecular weight is 538 g/mol. The number of nitrogens with two attached hydrogens (primary N) is 1. The second kappa shape index (κ2) is 13.4. The van der Waals surface area contributed by atoms with Crippen LogP contribution in [0.4, 0.5) is 0 Å². The third kappa shape index (κ3) is 8.05. The van der Waals surface area contributed by atoms with Crippen LogP contribution in [-0.2, 0) is 32.0 Å². The molecule has 3 rings (SSSR count). The lowest BCUT2D eigenvalue weighted by atomic mass is 9.98. The molecule has 3 aromatic rings. The van der Waals surface area contributed by atoms with E-state index in [4.69, 9.17) is 5.73 Å². The molecule has 3 amide bonds. The number of aromatic hydroxyl groups is 1. The van der Waals surface area contributed by atoms with Crippen LogP contribution in [0.15, 0.2) is 54.7 Å². The molecule has 0 radical (unpaired) electrons. The second-order valence-corrected chi connectivity index (χ2v) is 9.58. The third-order valence-corrected chi connectivity index (χ3v) is 6.72. The normalized spacial score (nSPS) is 14.1. The number of nitrogens with one attached hydrogen (secondary N) is 4. The van der Waals surface area contributed by atoms with Crippen molar-refractivity contribution >= 4 is 34.6 Å². The zero-order valence-corrected chi connectivity index (χ0v) is 21.9. The summed E-state index contributed by atoms with van der Waals surface area (Å²) in [5, 5.41) is 27.5. The number of carbonyl (C=O) groups excluding carboxylic acids is 3. The fraction of sp³-hybridized carbons (Fsp3) is 0.357. The molecule has 4 atom stereocenters. The first-order chi connectivity index (χ1) is 18.6. The molecule has 0 saturated carbocycles. The summed E-state index contributed by atoms with van der Waals surface area (Å²) in [6, 6.07) is 10.4. The first-order valence-corrected chi connectivity index (χ1v) is 12.8. The molecular formula is C28H35N5O6. The smallest absolute Gasteiger partial charge is 0.326 e. The monoisotopic (exact) mass is 537 g/mol. The number of hydrogen-bond donors (Lipinski definition) is 7. The lowest BCUT2D eigenvalue weighted by Gasteiger charge is -2.23. The number of hydrogen-bond acceptors (Lipinski definition) is 6. The third-order valence-electron chi connectivity index (χ3n) is 6.72. The largest absolute Gasteiger partial charge is 0.508 e. The Morgan fingerprint density at radius 1 is 0.949 bits per heavy atom. The van der Waals surface area contributed by atoms with Crippen LogP contribution in [0.25, 0.3) is 10.9 Å². The van der Waals surface area contributed by atoms with Gasteiger partial charge in [0.1, 0.15) is 17.8 Å². The molecule has 208 valence electrons. The summed E-state index contributed by atoms with van der Waals surface area (Å²) in [6.45, 7) is 3.27. The van der Waals surface area contributed by atoms with E-state index in [1.165, 1.54) is 12.1 Å². The maximum atomic E-state index is 13.2. The predicted molar refractivity (Wildman–Crippen MR) is 146 cm³/mol. The van der Waals surface area contributed by atoms with Crippen LogP contribution < -0.4 is 21.7 Å². The number of fused-ring (bicyclic) bond motifs is 1. The van der Waals surface area contributed by atoms with Gasteiger partial charge >= 0.3 is 5.97 Å². The zero-order valence-electron chi connectivity index (χ0n) is 21.9. The first-order valence-electron chi connectivity index (χ1n) is 12.8. The van der Waals surface area contributed by atoms with Gasteiger partial charge < -0.3 is 36.9 Å². The van der Waals surface area contributed by atoms with E-state index in [0.29, 0.717) is 12.0 Å². The van der Waals surface area contributed by atoms with Crippen LogP contribution in [-0.4, -0.2) is 63.6 Å². The van der Waals surface area contributed by atoms with E-state index in [0.717, 1.165) is 16.5 Å². The quantitative estimate of drug-likeness (QED) is 0.171. The van der Waals surface area contributed by atoms with Crippen LogP contribution in [0.1, 0.15) is 31.4 Å². The van der Waals surface area contributed by atoms with Crippen molar-refractivity contribution in [3.63, 3.8) is 0 Å². The molecule has 0 spiro atoms. The molecule has 39 heavy (non-hydrogen) atoms. The van der Waals surface area contributed by atoms with E-state index in [1.54, 1.807) is 18.3 Å². The molecule has 0 aliphatic heterocycles. The highest BCUT2D eigenvalue weighted by molar-refractivity contribution is 5.93. The molecule has 1 aromatic heterocycles. The summed E-state index contributed by atoms with van der Waals surface area (Å²) in [5.74, 6) is -3.10. The van der Waals surface area contributed by atoms with Crippen molar-refractivity contribution in [2.75, 3.05) is 6.54 Å². The van der Waals surface area contributed by atoms with E-state index >= 15 is 0 Å². The summed E-state index contributed by atoms with van der Waals surface area (Å²) >= 11 is 0. The van der Waals surface area contributed by atoms with Gasteiger partial charge in [0.15, 0.2) is 0 Å². The molecular weight excluding hydrogens is 502 g/mol. The van der Waals surface area contributed by atoms with Crippen LogP contribution in [0.3, 0.4) is 0 Å². The van der Waals surface area contributed by atoms with E-state index < -0.39 is 48.4 Å². The van der Waals surface area contributed by atoms with Crippen molar-refractivity contribution < 1.29 is 29.4 Å². The number of carboxylic acids is 1. The lowest BCUT2D eigenvalue weighted by molar-refractivity contribution is -0.141. The second-order valence-electron chi connectivity index (χ2n) is 9.58. The Morgan fingerprint density at radius 3 is 2.31 bits per heavy atom. The molecule has 0 aliphatic carbocycles. The number of aromatic nitrogens is 1. The van der Waals surface area contributed by atoms with Gasteiger partial charge in [-0.3, -0.25) is 14.4 Å². The van der Waals surface area contributed by atoms with E-state index in [2.05, 4.69) is 20.9 Å². The minimum absolute atomic E-state index is 0.0119. The molecule has 8 N–H and O–H groups in total. The molecule has 0 saturated heterocycles. The molecule has 1 heterocycles. The van der Waals surface area contributed by atoms with Gasteiger partial charge in [0.2, 0.25) is 17.7 Å². The van der Waals surface area contributed by atoms with Gasteiger partial charge in [-0.05, 0) is 35.2 Å². The Kier molecular flexibility index (Phi) is 10.0. The summed E-state index contributed by atoms with van der Waals surface area (Å²) in [4.78, 5) is 53.3. The topological polar surface area (TPSA) is 187 Å². The number of rotatable bonds is 13. The minimum atomic E-state index is -1.24. The Balaban J connectivity index is 1.67. The van der Waals surface area contributed by atoms with E-state index in [9.17, 15) is 29.4 Å². The predicted octanol–water partition coefficient (Wildman–Crippen LogP) is 1.20. The number of phenols is 1. The fourth-order valence-electron chi connectivity index (χ4n) is 4.11. The molecule has 0 bridgehead atoms. The maximum Gasteiger partial charge on any atom is 0.326 e. The Labute approximate surface area is 226 Å². The van der Waals surface area contributed by atoms with Gasteiger partial charge in [-0.25, -0.2) is 4.79 Å². The Morgan fingerprint density at radius 2 is 1.64 bits per heavy atom. The minimum Gasteiger partial charge on any atom is -0.508 e.